The topological polar surface area (TPSA) is 39.2 Å². The second-order valence-electron chi connectivity index (χ2n) is 3.12. The van der Waals surface area contributed by atoms with E-state index in [1.807, 2.05) is 0 Å². The Kier molecular flexibility index (Phi) is 4.35. The van der Waals surface area contributed by atoms with Gasteiger partial charge in [-0.05, 0) is 24.1 Å². The normalized spacial score (nSPS) is 10.6. The van der Waals surface area contributed by atoms with Crippen LogP contribution in [0.25, 0.3) is 0 Å². The molecule has 0 aromatic carbocycles. The van der Waals surface area contributed by atoms with E-state index in [9.17, 15) is 13.6 Å². The van der Waals surface area contributed by atoms with Gasteiger partial charge in [0, 0.05) is 5.33 Å². The lowest BCUT2D eigenvalue weighted by molar-refractivity contribution is 0.0591. The van der Waals surface area contributed by atoms with Crippen LogP contribution in [0.5, 0.6) is 0 Å². The number of carbonyl (C=O) groups excluding carboxylic acids is 1. The molecule has 6 heteroatoms. The van der Waals surface area contributed by atoms with Crippen LogP contribution in [0.4, 0.5) is 8.78 Å². The van der Waals surface area contributed by atoms with Gasteiger partial charge >= 0.3 is 5.97 Å². The molecule has 88 valence electrons. The molecular weight excluding hydrogens is 284 g/mol. The summed E-state index contributed by atoms with van der Waals surface area (Å²) in [6, 6.07) is 1.27. The van der Waals surface area contributed by atoms with Gasteiger partial charge in [-0.1, -0.05) is 15.9 Å². The van der Waals surface area contributed by atoms with E-state index in [1.54, 1.807) is 6.92 Å². The highest BCUT2D eigenvalue weighted by atomic mass is 79.9. The zero-order valence-electron chi connectivity index (χ0n) is 8.76. The Morgan fingerprint density at radius 1 is 1.62 bits per heavy atom. The Labute approximate surface area is 99.9 Å². The van der Waals surface area contributed by atoms with Crippen molar-refractivity contribution in [1.29, 1.82) is 0 Å². The smallest absolute Gasteiger partial charge is 0.356 e. The van der Waals surface area contributed by atoms with Crippen molar-refractivity contribution in [2.45, 2.75) is 18.7 Å². The fourth-order valence-electron chi connectivity index (χ4n) is 1.27. The predicted octanol–water partition coefficient (Wildman–Crippen LogP) is 3.01. The van der Waals surface area contributed by atoms with Crippen molar-refractivity contribution in [3.8, 4) is 0 Å². The highest BCUT2D eigenvalue weighted by Gasteiger charge is 2.20. The van der Waals surface area contributed by atoms with Crippen molar-refractivity contribution in [3.05, 3.63) is 28.6 Å². The molecule has 0 aliphatic rings. The van der Waals surface area contributed by atoms with E-state index in [-0.39, 0.29) is 5.69 Å². The Bertz CT molecular complexity index is 410. The van der Waals surface area contributed by atoms with Gasteiger partial charge in [0.15, 0.2) is 5.69 Å². The highest BCUT2D eigenvalue weighted by molar-refractivity contribution is 9.08. The Balaban J connectivity index is 3.36. The molecule has 0 aliphatic carbocycles. The van der Waals surface area contributed by atoms with E-state index in [0.717, 1.165) is 0 Å². The summed E-state index contributed by atoms with van der Waals surface area (Å²) in [6.07, 6.45) is -2.70. The molecule has 16 heavy (non-hydrogen) atoms. The molecule has 0 bridgehead atoms. The number of hydrogen-bond donors (Lipinski definition) is 0. The lowest BCUT2D eigenvalue weighted by Crippen LogP contribution is -2.11. The predicted molar refractivity (Wildman–Crippen MR) is 57.9 cm³/mol. The van der Waals surface area contributed by atoms with E-state index in [1.165, 1.54) is 13.2 Å². The summed E-state index contributed by atoms with van der Waals surface area (Å²) in [5.41, 5.74) is 0.677. The maximum Gasteiger partial charge on any atom is 0.356 e. The summed E-state index contributed by atoms with van der Waals surface area (Å²) >= 11 is 3.18. The number of pyridine rings is 1. The van der Waals surface area contributed by atoms with Gasteiger partial charge in [0.05, 0.1) is 7.11 Å². The third-order valence-corrected chi connectivity index (χ3v) is 2.66. The SMILES string of the molecule is COC(=O)c1nc(C(F)F)cc(C)c1CBr. The largest absolute Gasteiger partial charge is 0.464 e. The van der Waals surface area contributed by atoms with Crippen LogP contribution in [0, 0.1) is 6.92 Å². The number of rotatable bonds is 3. The number of methoxy groups -OCH3 is 1. The van der Waals surface area contributed by atoms with Crippen LogP contribution in [-0.2, 0) is 10.1 Å². The number of nitrogens with zero attached hydrogens (tertiary/aromatic N) is 1. The number of halogens is 3. The number of aromatic nitrogens is 1. The first-order valence-corrected chi connectivity index (χ1v) is 5.56. The zero-order chi connectivity index (χ0) is 12.3. The molecule has 0 fully saturated rings. The van der Waals surface area contributed by atoms with Gasteiger partial charge < -0.3 is 4.74 Å². The molecule has 0 spiro atoms. The summed E-state index contributed by atoms with van der Waals surface area (Å²) in [7, 11) is 1.19. The molecule has 1 rings (SSSR count). The summed E-state index contributed by atoms with van der Waals surface area (Å²) in [4.78, 5) is 15.0. The average Bonchev–Trinajstić information content (AvgIpc) is 2.26. The summed E-state index contributed by atoms with van der Waals surface area (Å²) in [6.45, 7) is 1.65. The first kappa shape index (κ1) is 13.0. The van der Waals surface area contributed by atoms with Crippen LogP contribution in [0.2, 0.25) is 0 Å². The van der Waals surface area contributed by atoms with E-state index in [0.29, 0.717) is 16.5 Å². The average molecular weight is 294 g/mol. The highest BCUT2D eigenvalue weighted by Crippen LogP contribution is 2.23. The minimum absolute atomic E-state index is 0.0605. The molecule has 0 unspecified atom stereocenters. The van der Waals surface area contributed by atoms with Crippen LogP contribution in [0.1, 0.15) is 33.7 Å². The number of esters is 1. The van der Waals surface area contributed by atoms with Crippen LogP contribution >= 0.6 is 15.9 Å². The van der Waals surface area contributed by atoms with Crippen LogP contribution < -0.4 is 0 Å². The number of hydrogen-bond acceptors (Lipinski definition) is 3. The molecule has 3 nitrogen and oxygen atoms in total. The van der Waals surface area contributed by atoms with Gasteiger partial charge in [-0.3, -0.25) is 0 Å². The first-order chi connectivity index (χ1) is 7.51. The fourth-order valence-corrected chi connectivity index (χ4v) is 1.98. The van der Waals surface area contributed by atoms with Gasteiger partial charge in [0.1, 0.15) is 5.69 Å². The molecule has 0 aliphatic heterocycles. The van der Waals surface area contributed by atoms with Crippen LogP contribution in [0.3, 0.4) is 0 Å². The van der Waals surface area contributed by atoms with Gasteiger partial charge in [-0.2, -0.15) is 0 Å². The van der Waals surface area contributed by atoms with Crippen LogP contribution in [0.15, 0.2) is 6.07 Å². The number of alkyl halides is 3. The van der Waals surface area contributed by atoms with E-state index < -0.39 is 18.1 Å². The Morgan fingerprint density at radius 2 is 2.25 bits per heavy atom. The lowest BCUT2D eigenvalue weighted by atomic mass is 10.1. The Morgan fingerprint density at radius 3 is 2.69 bits per heavy atom. The van der Waals surface area contributed by atoms with Gasteiger partial charge in [-0.25, -0.2) is 18.6 Å². The summed E-state index contributed by atoms with van der Waals surface area (Å²) < 4.78 is 29.5. The third-order valence-electron chi connectivity index (χ3n) is 2.10. The molecule has 1 aromatic rings. The minimum atomic E-state index is -2.70. The van der Waals surface area contributed by atoms with E-state index >= 15 is 0 Å². The minimum Gasteiger partial charge on any atom is -0.464 e. The lowest BCUT2D eigenvalue weighted by Gasteiger charge is -2.10. The molecule has 0 saturated carbocycles. The second-order valence-corrected chi connectivity index (χ2v) is 3.68. The van der Waals surface area contributed by atoms with Crippen molar-refractivity contribution in [1.82, 2.24) is 4.98 Å². The maximum atomic E-state index is 12.5. The second kappa shape index (κ2) is 5.34. The van der Waals surface area contributed by atoms with Crippen molar-refractivity contribution < 1.29 is 18.3 Å². The van der Waals surface area contributed by atoms with Crippen molar-refractivity contribution in [2.24, 2.45) is 0 Å². The first-order valence-electron chi connectivity index (χ1n) is 4.44. The van der Waals surface area contributed by atoms with Crippen molar-refractivity contribution in [2.75, 3.05) is 7.11 Å². The molecule has 0 radical (unpaired) electrons. The zero-order valence-corrected chi connectivity index (χ0v) is 10.3. The fraction of sp³-hybridized carbons (Fsp3) is 0.400. The van der Waals surface area contributed by atoms with E-state index in [2.05, 4.69) is 25.7 Å². The van der Waals surface area contributed by atoms with E-state index in [4.69, 9.17) is 0 Å². The van der Waals surface area contributed by atoms with Gasteiger partial charge in [-0.15, -0.1) is 0 Å². The van der Waals surface area contributed by atoms with Crippen molar-refractivity contribution >= 4 is 21.9 Å². The number of carbonyl (C=O) groups is 1. The third kappa shape index (κ3) is 2.55. The quantitative estimate of drug-likeness (QED) is 0.635. The molecule has 0 atom stereocenters. The molecule has 1 heterocycles. The monoisotopic (exact) mass is 293 g/mol. The van der Waals surface area contributed by atoms with Gasteiger partial charge in [0.2, 0.25) is 0 Å². The number of ether oxygens (including phenoxy) is 1. The molecule has 0 amide bonds. The summed E-state index contributed by atoms with van der Waals surface area (Å²) in [5, 5.41) is 0.361. The van der Waals surface area contributed by atoms with Crippen LogP contribution in [-0.4, -0.2) is 18.1 Å². The molecule has 1 aromatic heterocycles. The maximum absolute atomic E-state index is 12.5. The van der Waals surface area contributed by atoms with Gasteiger partial charge in [0.25, 0.3) is 6.43 Å². The number of aryl methyl sites for hydroxylation is 1. The molecule has 0 N–H and O–H groups in total. The Hall–Kier alpha value is -1.04. The molecular formula is C10H10BrF2NO2. The standard InChI is InChI=1S/C10H10BrF2NO2/c1-5-3-7(9(12)13)14-8(6(5)4-11)10(15)16-2/h3,9H,4H2,1-2H3. The van der Waals surface area contributed by atoms with Crippen molar-refractivity contribution in [3.63, 3.8) is 0 Å². The molecule has 0 saturated heterocycles. The summed E-state index contributed by atoms with van der Waals surface area (Å²) in [5.74, 6) is -0.708.